The number of aryl methyl sites for hydroxylation is 1. The Morgan fingerprint density at radius 3 is 2.52 bits per heavy atom. The SMILES string of the molecule is Cc1cccc(-n2ccc(=O)c(C(=O)Nc3cccc(C(F)(F)F)c3)n2)c1. The van der Waals surface area contributed by atoms with Crippen LogP contribution < -0.4 is 10.7 Å². The fourth-order valence-electron chi connectivity index (χ4n) is 2.44. The van der Waals surface area contributed by atoms with E-state index in [0.29, 0.717) is 5.69 Å². The van der Waals surface area contributed by atoms with Crippen molar-refractivity contribution >= 4 is 11.6 Å². The molecule has 5 nitrogen and oxygen atoms in total. The Morgan fingerprint density at radius 2 is 1.81 bits per heavy atom. The lowest BCUT2D eigenvalue weighted by Gasteiger charge is -2.10. The molecule has 1 N–H and O–H groups in total. The van der Waals surface area contributed by atoms with Gasteiger partial charge < -0.3 is 5.32 Å². The first-order valence-electron chi connectivity index (χ1n) is 7.90. The molecule has 0 saturated heterocycles. The second kappa shape index (κ2) is 7.06. The van der Waals surface area contributed by atoms with Crippen molar-refractivity contribution in [1.29, 1.82) is 0 Å². The zero-order chi connectivity index (χ0) is 19.6. The Balaban J connectivity index is 1.91. The number of anilines is 1. The summed E-state index contributed by atoms with van der Waals surface area (Å²) in [4.78, 5) is 24.4. The van der Waals surface area contributed by atoms with Gasteiger partial charge >= 0.3 is 6.18 Å². The maximum absolute atomic E-state index is 12.8. The lowest BCUT2D eigenvalue weighted by Crippen LogP contribution is -2.25. The van der Waals surface area contributed by atoms with Gasteiger partial charge in [0, 0.05) is 18.0 Å². The van der Waals surface area contributed by atoms with Crippen LogP contribution in [0.1, 0.15) is 21.6 Å². The maximum Gasteiger partial charge on any atom is 0.416 e. The molecule has 3 aromatic rings. The first-order valence-corrected chi connectivity index (χ1v) is 7.90. The summed E-state index contributed by atoms with van der Waals surface area (Å²) in [6, 6.07) is 12.6. The molecule has 0 aliphatic heterocycles. The molecule has 0 unspecified atom stereocenters. The van der Waals surface area contributed by atoms with E-state index in [2.05, 4.69) is 10.4 Å². The van der Waals surface area contributed by atoms with E-state index in [1.807, 2.05) is 19.1 Å². The molecule has 138 valence electrons. The van der Waals surface area contributed by atoms with Crippen LogP contribution >= 0.6 is 0 Å². The molecule has 8 heteroatoms. The largest absolute Gasteiger partial charge is 0.416 e. The predicted octanol–water partition coefficient (Wildman–Crippen LogP) is 3.81. The summed E-state index contributed by atoms with van der Waals surface area (Å²) in [6.07, 6.45) is -3.12. The van der Waals surface area contributed by atoms with Crippen LogP contribution in [0, 0.1) is 6.92 Å². The predicted molar refractivity (Wildman–Crippen MR) is 94.0 cm³/mol. The zero-order valence-electron chi connectivity index (χ0n) is 14.1. The molecular weight excluding hydrogens is 359 g/mol. The number of halogens is 3. The number of aromatic nitrogens is 2. The Morgan fingerprint density at radius 1 is 1.07 bits per heavy atom. The summed E-state index contributed by atoms with van der Waals surface area (Å²) >= 11 is 0. The molecule has 1 aromatic heterocycles. The third-order valence-electron chi connectivity index (χ3n) is 3.74. The smallest absolute Gasteiger partial charge is 0.320 e. The average Bonchev–Trinajstić information content (AvgIpc) is 2.61. The summed E-state index contributed by atoms with van der Waals surface area (Å²) in [6.45, 7) is 1.88. The highest BCUT2D eigenvalue weighted by atomic mass is 19.4. The molecule has 0 aliphatic carbocycles. The quantitative estimate of drug-likeness (QED) is 0.759. The third-order valence-corrected chi connectivity index (χ3v) is 3.74. The number of nitrogens with one attached hydrogen (secondary N) is 1. The van der Waals surface area contributed by atoms with E-state index in [1.54, 1.807) is 12.1 Å². The number of benzene rings is 2. The van der Waals surface area contributed by atoms with Crippen molar-refractivity contribution in [2.45, 2.75) is 13.1 Å². The molecule has 0 atom stereocenters. The van der Waals surface area contributed by atoms with Crippen LogP contribution in [-0.2, 0) is 6.18 Å². The van der Waals surface area contributed by atoms with E-state index >= 15 is 0 Å². The van der Waals surface area contributed by atoms with Gasteiger partial charge in [-0.25, -0.2) is 4.68 Å². The van der Waals surface area contributed by atoms with Gasteiger partial charge in [-0.2, -0.15) is 18.3 Å². The fraction of sp³-hybridized carbons (Fsp3) is 0.105. The number of alkyl halides is 3. The minimum Gasteiger partial charge on any atom is -0.320 e. The fourth-order valence-corrected chi connectivity index (χ4v) is 2.44. The molecule has 0 radical (unpaired) electrons. The molecular formula is C19H14F3N3O2. The van der Waals surface area contributed by atoms with Gasteiger partial charge in [0.15, 0.2) is 5.69 Å². The van der Waals surface area contributed by atoms with Gasteiger partial charge in [0.2, 0.25) is 5.43 Å². The Bertz CT molecular complexity index is 1060. The summed E-state index contributed by atoms with van der Waals surface area (Å²) in [5.41, 5.74) is -0.439. The summed E-state index contributed by atoms with van der Waals surface area (Å²) in [5, 5.41) is 6.31. The molecule has 0 bridgehead atoms. The molecule has 0 fully saturated rings. The summed E-state index contributed by atoms with van der Waals surface area (Å²) in [5.74, 6) is -0.888. The summed E-state index contributed by atoms with van der Waals surface area (Å²) < 4.78 is 39.7. The highest BCUT2D eigenvalue weighted by molar-refractivity contribution is 6.02. The van der Waals surface area contributed by atoms with Crippen molar-refractivity contribution < 1.29 is 18.0 Å². The van der Waals surface area contributed by atoms with E-state index in [-0.39, 0.29) is 5.69 Å². The number of hydrogen-bond donors (Lipinski definition) is 1. The van der Waals surface area contributed by atoms with Crippen LogP contribution in [0.5, 0.6) is 0 Å². The standard InChI is InChI=1S/C19H14F3N3O2/c1-12-4-2-7-15(10-12)25-9-8-16(26)17(24-25)18(27)23-14-6-3-5-13(11-14)19(20,21)22/h2-11H,1H3,(H,23,27). The number of nitrogens with zero attached hydrogens (tertiary/aromatic N) is 2. The Kier molecular flexibility index (Phi) is 4.81. The van der Waals surface area contributed by atoms with Gasteiger partial charge in [-0.3, -0.25) is 9.59 Å². The van der Waals surface area contributed by atoms with E-state index in [9.17, 15) is 22.8 Å². The zero-order valence-corrected chi connectivity index (χ0v) is 14.1. The van der Waals surface area contributed by atoms with Crippen LogP contribution in [-0.4, -0.2) is 15.7 Å². The first kappa shape index (κ1) is 18.4. The molecule has 3 rings (SSSR count). The molecule has 1 heterocycles. The van der Waals surface area contributed by atoms with Crippen molar-refractivity contribution in [1.82, 2.24) is 9.78 Å². The number of amides is 1. The Hall–Kier alpha value is -3.42. The number of hydrogen-bond acceptors (Lipinski definition) is 3. The molecule has 0 spiro atoms. The highest BCUT2D eigenvalue weighted by Crippen LogP contribution is 2.30. The van der Waals surface area contributed by atoms with Crippen molar-refractivity contribution in [3.05, 3.63) is 87.8 Å². The van der Waals surface area contributed by atoms with Crippen LogP contribution in [0.15, 0.2) is 65.6 Å². The number of carbonyl (C=O) groups excluding carboxylic acids is 1. The average molecular weight is 373 g/mol. The van der Waals surface area contributed by atoms with Crippen LogP contribution in [0.3, 0.4) is 0 Å². The molecule has 27 heavy (non-hydrogen) atoms. The van der Waals surface area contributed by atoms with Crippen molar-refractivity contribution in [2.75, 3.05) is 5.32 Å². The van der Waals surface area contributed by atoms with Crippen molar-refractivity contribution in [3.63, 3.8) is 0 Å². The highest BCUT2D eigenvalue weighted by Gasteiger charge is 2.30. The maximum atomic E-state index is 12.8. The normalized spacial score (nSPS) is 11.3. The van der Waals surface area contributed by atoms with Gasteiger partial charge in [-0.1, -0.05) is 18.2 Å². The monoisotopic (exact) mass is 373 g/mol. The van der Waals surface area contributed by atoms with Gasteiger partial charge in [0.25, 0.3) is 5.91 Å². The van der Waals surface area contributed by atoms with Gasteiger partial charge in [0.05, 0.1) is 11.3 Å². The topological polar surface area (TPSA) is 64.0 Å². The lowest BCUT2D eigenvalue weighted by atomic mass is 10.2. The van der Waals surface area contributed by atoms with E-state index in [0.717, 1.165) is 17.7 Å². The lowest BCUT2D eigenvalue weighted by molar-refractivity contribution is -0.137. The molecule has 0 aliphatic rings. The van der Waals surface area contributed by atoms with Crippen LogP contribution in [0.2, 0.25) is 0 Å². The van der Waals surface area contributed by atoms with E-state index in [1.165, 1.54) is 29.1 Å². The second-order valence-electron chi connectivity index (χ2n) is 5.84. The molecule has 2 aromatic carbocycles. The Labute approximate surface area is 152 Å². The van der Waals surface area contributed by atoms with Gasteiger partial charge in [0.1, 0.15) is 0 Å². The second-order valence-corrected chi connectivity index (χ2v) is 5.84. The van der Waals surface area contributed by atoms with Gasteiger partial charge in [-0.15, -0.1) is 0 Å². The van der Waals surface area contributed by atoms with Crippen molar-refractivity contribution in [2.24, 2.45) is 0 Å². The minimum atomic E-state index is -4.54. The minimum absolute atomic E-state index is 0.0815. The summed E-state index contributed by atoms with van der Waals surface area (Å²) in [7, 11) is 0. The molecule has 0 saturated carbocycles. The number of carbonyl (C=O) groups is 1. The van der Waals surface area contributed by atoms with E-state index < -0.39 is 28.8 Å². The van der Waals surface area contributed by atoms with E-state index in [4.69, 9.17) is 0 Å². The molecule has 1 amide bonds. The van der Waals surface area contributed by atoms with Crippen molar-refractivity contribution in [3.8, 4) is 5.69 Å². The van der Waals surface area contributed by atoms with Gasteiger partial charge in [-0.05, 0) is 42.8 Å². The third kappa shape index (κ3) is 4.22. The first-order chi connectivity index (χ1) is 12.7. The number of rotatable bonds is 3. The van der Waals surface area contributed by atoms with Crippen LogP contribution in [0.4, 0.5) is 18.9 Å². The van der Waals surface area contributed by atoms with Crippen LogP contribution in [0.25, 0.3) is 5.69 Å².